The molecule has 0 spiro atoms. The Labute approximate surface area is 140 Å². The van der Waals surface area contributed by atoms with Gasteiger partial charge >= 0.3 is 6.03 Å². The number of anilines is 2. The highest BCUT2D eigenvalue weighted by atomic mass is 19.1. The Morgan fingerprint density at radius 1 is 1.00 bits per heavy atom. The summed E-state index contributed by atoms with van der Waals surface area (Å²) in [5.74, 6) is -0.688. The van der Waals surface area contributed by atoms with Crippen molar-refractivity contribution in [3.8, 4) is 0 Å². The molecule has 0 atom stereocenters. The fourth-order valence-corrected chi connectivity index (χ4v) is 2.15. The van der Waals surface area contributed by atoms with Crippen LogP contribution in [-0.2, 0) is 0 Å². The summed E-state index contributed by atoms with van der Waals surface area (Å²) in [4.78, 5) is 23.9. The SMILES string of the molecule is CCNC(=O)Nc1ccc(C)c(NC(=O)c2ccc(F)c(C)c2)c1. The van der Waals surface area contributed by atoms with Crippen molar-refractivity contribution >= 4 is 23.3 Å². The van der Waals surface area contributed by atoms with Crippen LogP contribution in [0.25, 0.3) is 0 Å². The number of carbonyl (C=O) groups is 2. The lowest BCUT2D eigenvalue weighted by atomic mass is 10.1. The quantitative estimate of drug-likeness (QED) is 0.797. The standard InChI is InChI=1S/C18H20FN3O2/c1-4-20-18(24)21-14-7-5-11(2)16(10-14)22-17(23)13-6-8-15(19)12(3)9-13/h5-10H,4H2,1-3H3,(H,22,23)(H2,20,21,24). The van der Waals surface area contributed by atoms with Crippen LogP contribution in [-0.4, -0.2) is 18.5 Å². The zero-order chi connectivity index (χ0) is 17.7. The fourth-order valence-electron chi connectivity index (χ4n) is 2.15. The Kier molecular flexibility index (Phi) is 5.52. The van der Waals surface area contributed by atoms with Gasteiger partial charge in [0.05, 0.1) is 0 Å². The summed E-state index contributed by atoms with van der Waals surface area (Å²) in [6.07, 6.45) is 0. The van der Waals surface area contributed by atoms with Gasteiger partial charge in [-0.05, 0) is 62.2 Å². The van der Waals surface area contributed by atoms with Gasteiger partial charge in [-0.1, -0.05) is 6.07 Å². The van der Waals surface area contributed by atoms with Gasteiger partial charge in [-0.2, -0.15) is 0 Å². The molecule has 0 bridgehead atoms. The molecule has 0 saturated carbocycles. The Morgan fingerprint density at radius 3 is 2.42 bits per heavy atom. The molecule has 2 aromatic carbocycles. The molecule has 6 heteroatoms. The van der Waals surface area contributed by atoms with Gasteiger partial charge in [-0.15, -0.1) is 0 Å². The van der Waals surface area contributed by atoms with Gasteiger partial charge in [0.25, 0.3) is 5.91 Å². The maximum Gasteiger partial charge on any atom is 0.319 e. The molecule has 0 radical (unpaired) electrons. The number of hydrogen-bond acceptors (Lipinski definition) is 2. The number of urea groups is 1. The number of carbonyl (C=O) groups excluding carboxylic acids is 2. The second kappa shape index (κ2) is 7.59. The van der Waals surface area contributed by atoms with Crippen molar-refractivity contribution in [2.24, 2.45) is 0 Å². The van der Waals surface area contributed by atoms with Crippen molar-refractivity contribution in [2.75, 3.05) is 17.2 Å². The number of nitrogens with one attached hydrogen (secondary N) is 3. The molecule has 5 nitrogen and oxygen atoms in total. The summed E-state index contributed by atoms with van der Waals surface area (Å²) in [7, 11) is 0. The van der Waals surface area contributed by atoms with Crippen LogP contribution in [0.4, 0.5) is 20.6 Å². The first-order chi connectivity index (χ1) is 11.4. The molecule has 0 aliphatic carbocycles. The van der Waals surface area contributed by atoms with Crippen molar-refractivity contribution in [1.82, 2.24) is 5.32 Å². The van der Waals surface area contributed by atoms with Crippen molar-refractivity contribution < 1.29 is 14.0 Å². The smallest absolute Gasteiger partial charge is 0.319 e. The molecule has 0 saturated heterocycles. The monoisotopic (exact) mass is 329 g/mol. The molecule has 0 aliphatic rings. The van der Waals surface area contributed by atoms with E-state index in [1.807, 2.05) is 13.8 Å². The average Bonchev–Trinajstić information content (AvgIpc) is 2.53. The van der Waals surface area contributed by atoms with Crippen LogP contribution in [0, 0.1) is 19.7 Å². The van der Waals surface area contributed by atoms with Gasteiger partial charge in [-0.3, -0.25) is 4.79 Å². The maximum absolute atomic E-state index is 13.3. The molecule has 2 rings (SSSR count). The average molecular weight is 329 g/mol. The third-order valence-corrected chi connectivity index (χ3v) is 3.50. The summed E-state index contributed by atoms with van der Waals surface area (Å²) >= 11 is 0. The molecular weight excluding hydrogens is 309 g/mol. The molecule has 3 amide bonds. The van der Waals surface area contributed by atoms with Gasteiger partial charge in [0.2, 0.25) is 0 Å². The summed E-state index contributed by atoms with van der Waals surface area (Å²) in [6, 6.07) is 9.12. The van der Waals surface area contributed by atoms with Crippen LogP contribution < -0.4 is 16.0 Å². The lowest BCUT2D eigenvalue weighted by Crippen LogP contribution is -2.28. The maximum atomic E-state index is 13.3. The Morgan fingerprint density at radius 2 is 1.75 bits per heavy atom. The molecule has 126 valence electrons. The topological polar surface area (TPSA) is 70.2 Å². The van der Waals surface area contributed by atoms with E-state index in [4.69, 9.17) is 0 Å². The summed E-state index contributed by atoms with van der Waals surface area (Å²) in [5, 5.41) is 8.11. The van der Waals surface area contributed by atoms with Gasteiger partial charge in [0.15, 0.2) is 0 Å². The van der Waals surface area contributed by atoms with E-state index in [0.29, 0.717) is 29.0 Å². The zero-order valence-corrected chi connectivity index (χ0v) is 13.9. The van der Waals surface area contributed by atoms with E-state index in [9.17, 15) is 14.0 Å². The molecule has 24 heavy (non-hydrogen) atoms. The highest BCUT2D eigenvalue weighted by Crippen LogP contribution is 2.21. The predicted octanol–water partition coefficient (Wildman–Crippen LogP) is 3.84. The number of benzene rings is 2. The van der Waals surface area contributed by atoms with Crippen LogP contribution in [0.1, 0.15) is 28.4 Å². The number of halogens is 1. The first-order valence-electron chi connectivity index (χ1n) is 7.63. The third kappa shape index (κ3) is 4.32. The van der Waals surface area contributed by atoms with E-state index < -0.39 is 0 Å². The molecule has 0 fully saturated rings. The first-order valence-corrected chi connectivity index (χ1v) is 7.63. The van der Waals surface area contributed by atoms with Gasteiger partial charge in [-0.25, -0.2) is 9.18 Å². The number of rotatable bonds is 4. The highest BCUT2D eigenvalue weighted by Gasteiger charge is 2.11. The minimum absolute atomic E-state index is 0.312. The number of amides is 3. The van der Waals surface area contributed by atoms with Crippen molar-refractivity contribution in [3.63, 3.8) is 0 Å². The van der Waals surface area contributed by atoms with Crippen molar-refractivity contribution in [2.45, 2.75) is 20.8 Å². The first kappa shape index (κ1) is 17.5. The fraction of sp³-hybridized carbons (Fsp3) is 0.222. The summed E-state index contributed by atoms with van der Waals surface area (Å²) in [5.41, 5.74) is 2.78. The number of aryl methyl sites for hydroxylation is 2. The molecule has 0 aliphatic heterocycles. The third-order valence-electron chi connectivity index (χ3n) is 3.50. The second-order valence-electron chi connectivity index (χ2n) is 5.43. The largest absolute Gasteiger partial charge is 0.338 e. The lowest BCUT2D eigenvalue weighted by molar-refractivity contribution is 0.102. The molecule has 3 N–H and O–H groups in total. The Balaban J connectivity index is 2.17. The number of hydrogen-bond donors (Lipinski definition) is 3. The van der Waals surface area contributed by atoms with Crippen molar-refractivity contribution in [1.29, 1.82) is 0 Å². The van der Waals surface area contributed by atoms with E-state index in [2.05, 4.69) is 16.0 Å². The predicted molar refractivity (Wildman–Crippen MR) is 93.0 cm³/mol. The second-order valence-corrected chi connectivity index (χ2v) is 5.43. The van der Waals surface area contributed by atoms with Crippen LogP contribution in [0.2, 0.25) is 0 Å². The molecular formula is C18H20FN3O2. The molecule has 0 heterocycles. The lowest BCUT2D eigenvalue weighted by Gasteiger charge is -2.12. The molecule has 2 aromatic rings. The van der Waals surface area contributed by atoms with E-state index in [-0.39, 0.29) is 17.8 Å². The van der Waals surface area contributed by atoms with Gasteiger partial charge in [0.1, 0.15) is 5.82 Å². The Hall–Kier alpha value is -2.89. The zero-order valence-electron chi connectivity index (χ0n) is 13.9. The summed E-state index contributed by atoms with van der Waals surface area (Å²) in [6.45, 7) is 5.80. The van der Waals surface area contributed by atoms with E-state index >= 15 is 0 Å². The van der Waals surface area contributed by atoms with E-state index in [0.717, 1.165) is 5.56 Å². The van der Waals surface area contributed by atoms with E-state index in [1.165, 1.54) is 18.2 Å². The van der Waals surface area contributed by atoms with Gasteiger partial charge < -0.3 is 16.0 Å². The minimum atomic E-state index is -0.351. The van der Waals surface area contributed by atoms with E-state index in [1.54, 1.807) is 25.1 Å². The highest BCUT2D eigenvalue weighted by molar-refractivity contribution is 6.05. The van der Waals surface area contributed by atoms with Gasteiger partial charge in [0, 0.05) is 23.5 Å². The minimum Gasteiger partial charge on any atom is -0.338 e. The molecule has 0 aromatic heterocycles. The Bertz CT molecular complexity index is 775. The van der Waals surface area contributed by atoms with Crippen LogP contribution >= 0.6 is 0 Å². The summed E-state index contributed by atoms with van der Waals surface area (Å²) < 4.78 is 13.3. The van der Waals surface area contributed by atoms with Crippen LogP contribution in [0.3, 0.4) is 0 Å². The molecule has 0 unspecified atom stereocenters. The van der Waals surface area contributed by atoms with Crippen LogP contribution in [0.5, 0.6) is 0 Å². The van der Waals surface area contributed by atoms with Crippen molar-refractivity contribution in [3.05, 3.63) is 58.9 Å². The normalized spacial score (nSPS) is 10.2. The van der Waals surface area contributed by atoms with Crippen LogP contribution in [0.15, 0.2) is 36.4 Å².